The molecule has 30 heavy (non-hydrogen) atoms. The highest BCUT2D eigenvalue weighted by molar-refractivity contribution is 5.63. The second-order valence-corrected chi connectivity index (χ2v) is 7.66. The van der Waals surface area contributed by atoms with Crippen LogP contribution < -0.4 is 9.64 Å². The summed E-state index contributed by atoms with van der Waals surface area (Å²) in [6, 6.07) is 2.57. The maximum atomic E-state index is 14.5. The maximum Gasteiger partial charge on any atom is 0.225 e. The number of hydrogen-bond donors (Lipinski definition) is 0. The predicted molar refractivity (Wildman–Crippen MR) is 110 cm³/mol. The van der Waals surface area contributed by atoms with Gasteiger partial charge >= 0.3 is 0 Å². The highest BCUT2D eigenvalue weighted by Gasteiger charge is 2.23. The summed E-state index contributed by atoms with van der Waals surface area (Å²) >= 11 is 0. The van der Waals surface area contributed by atoms with E-state index in [1.165, 1.54) is 12.1 Å². The fraction of sp³-hybridized carbons (Fsp3) is 0.409. The number of piperidine rings is 1. The zero-order valence-electron chi connectivity index (χ0n) is 17.2. The molecule has 1 saturated heterocycles. The van der Waals surface area contributed by atoms with E-state index in [-0.39, 0.29) is 18.3 Å². The Morgan fingerprint density at radius 2 is 1.70 bits per heavy atom. The van der Waals surface area contributed by atoms with Gasteiger partial charge in [-0.1, -0.05) is 6.92 Å². The van der Waals surface area contributed by atoms with E-state index in [0.717, 1.165) is 43.9 Å². The summed E-state index contributed by atoms with van der Waals surface area (Å²) in [5, 5.41) is 4.04. The molecule has 2 aromatic heterocycles. The van der Waals surface area contributed by atoms with Gasteiger partial charge in [0.05, 0.1) is 12.8 Å². The van der Waals surface area contributed by atoms with Crippen LogP contribution in [0.15, 0.2) is 36.9 Å². The second kappa shape index (κ2) is 8.77. The van der Waals surface area contributed by atoms with Crippen molar-refractivity contribution in [2.75, 3.05) is 24.6 Å². The van der Waals surface area contributed by atoms with Gasteiger partial charge in [-0.25, -0.2) is 18.7 Å². The lowest BCUT2D eigenvalue weighted by Gasteiger charge is -2.31. The SMILES string of the molecule is CCc1cnc(N2CCC(COc3c(F)cc(-c4cnn(C)c4)cc3F)CC2)nc1. The summed E-state index contributed by atoms with van der Waals surface area (Å²) in [6.45, 7) is 3.94. The monoisotopic (exact) mass is 413 g/mol. The largest absolute Gasteiger partial charge is 0.487 e. The van der Waals surface area contributed by atoms with Crippen molar-refractivity contribution in [1.29, 1.82) is 0 Å². The Bertz CT molecular complexity index is 974. The van der Waals surface area contributed by atoms with E-state index in [0.29, 0.717) is 11.1 Å². The van der Waals surface area contributed by atoms with E-state index in [1.54, 1.807) is 24.1 Å². The van der Waals surface area contributed by atoms with Crippen LogP contribution in [0.5, 0.6) is 5.75 Å². The van der Waals surface area contributed by atoms with Gasteiger partial charge in [0.1, 0.15) is 0 Å². The minimum Gasteiger partial charge on any atom is -0.487 e. The molecule has 0 bridgehead atoms. The third kappa shape index (κ3) is 4.42. The fourth-order valence-electron chi connectivity index (χ4n) is 3.63. The quantitative estimate of drug-likeness (QED) is 0.611. The fourth-order valence-corrected chi connectivity index (χ4v) is 3.63. The highest BCUT2D eigenvalue weighted by atomic mass is 19.1. The van der Waals surface area contributed by atoms with Gasteiger partial charge < -0.3 is 9.64 Å². The maximum absolute atomic E-state index is 14.5. The van der Waals surface area contributed by atoms with Gasteiger partial charge in [0.2, 0.25) is 5.95 Å². The summed E-state index contributed by atoms with van der Waals surface area (Å²) in [5.41, 5.74) is 2.21. The van der Waals surface area contributed by atoms with Crippen LogP contribution in [0.2, 0.25) is 0 Å². The molecule has 1 fully saturated rings. The van der Waals surface area contributed by atoms with Crippen molar-refractivity contribution in [3.8, 4) is 16.9 Å². The van der Waals surface area contributed by atoms with Crippen molar-refractivity contribution in [2.45, 2.75) is 26.2 Å². The summed E-state index contributed by atoms with van der Waals surface area (Å²) in [7, 11) is 1.76. The van der Waals surface area contributed by atoms with Crippen molar-refractivity contribution in [3.05, 3.63) is 54.1 Å². The first-order chi connectivity index (χ1) is 14.5. The Balaban J connectivity index is 1.34. The van der Waals surface area contributed by atoms with Crippen LogP contribution in [0.3, 0.4) is 0 Å². The molecule has 8 heteroatoms. The topological polar surface area (TPSA) is 56.1 Å². The molecule has 0 aliphatic carbocycles. The number of hydrogen-bond acceptors (Lipinski definition) is 5. The standard InChI is InChI=1S/C22H25F2N5O/c1-3-15-10-25-22(26-11-15)29-6-4-16(5-7-29)14-30-21-19(23)8-17(9-20(21)24)18-12-27-28(2)13-18/h8-13,16H,3-7,14H2,1-2H3. The summed E-state index contributed by atoms with van der Waals surface area (Å²) in [5.74, 6) is -0.752. The van der Waals surface area contributed by atoms with Gasteiger partial charge in [-0.3, -0.25) is 4.68 Å². The molecule has 3 aromatic rings. The summed E-state index contributed by atoms with van der Waals surface area (Å²) < 4.78 is 36.1. The minimum atomic E-state index is -0.698. The first-order valence-electron chi connectivity index (χ1n) is 10.2. The van der Waals surface area contributed by atoms with Crippen LogP contribution in [0.1, 0.15) is 25.3 Å². The zero-order chi connectivity index (χ0) is 21.1. The molecule has 1 aliphatic heterocycles. The molecule has 0 radical (unpaired) electrons. The van der Waals surface area contributed by atoms with Crippen LogP contribution in [0.4, 0.5) is 14.7 Å². The Kier molecular flexibility index (Phi) is 5.92. The summed E-state index contributed by atoms with van der Waals surface area (Å²) in [4.78, 5) is 11.0. The zero-order valence-corrected chi connectivity index (χ0v) is 17.2. The third-order valence-corrected chi connectivity index (χ3v) is 5.50. The lowest BCUT2D eigenvalue weighted by atomic mass is 9.98. The number of ether oxygens (including phenoxy) is 1. The molecular formula is C22H25F2N5O. The van der Waals surface area contributed by atoms with E-state index in [1.807, 2.05) is 12.4 Å². The van der Waals surface area contributed by atoms with Gasteiger partial charge in [0.15, 0.2) is 17.4 Å². The average Bonchev–Trinajstić information content (AvgIpc) is 3.20. The molecule has 3 heterocycles. The molecule has 6 nitrogen and oxygen atoms in total. The van der Waals surface area contributed by atoms with Gasteiger partial charge in [-0.15, -0.1) is 0 Å². The van der Waals surface area contributed by atoms with Crippen molar-refractivity contribution in [1.82, 2.24) is 19.7 Å². The number of rotatable bonds is 6. The van der Waals surface area contributed by atoms with Gasteiger partial charge in [0, 0.05) is 44.3 Å². The molecule has 0 atom stereocenters. The smallest absolute Gasteiger partial charge is 0.225 e. The second-order valence-electron chi connectivity index (χ2n) is 7.66. The lowest BCUT2D eigenvalue weighted by Crippen LogP contribution is -2.36. The average molecular weight is 413 g/mol. The molecule has 0 saturated carbocycles. The van der Waals surface area contributed by atoms with E-state index in [4.69, 9.17) is 4.74 Å². The summed E-state index contributed by atoms with van der Waals surface area (Å²) in [6.07, 6.45) is 9.63. The van der Waals surface area contributed by atoms with Crippen LogP contribution in [-0.4, -0.2) is 39.4 Å². The lowest BCUT2D eigenvalue weighted by molar-refractivity contribution is 0.207. The van der Waals surface area contributed by atoms with Crippen molar-refractivity contribution in [3.63, 3.8) is 0 Å². The molecule has 1 aromatic carbocycles. The first-order valence-corrected chi connectivity index (χ1v) is 10.2. The normalized spacial score (nSPS) is 14.9. The molecule has 4 rings (SSSR count). The van der Waals surface area contributed by atoms with Crippen molar-refractivity contribution < 1.29 is 13.5 Å². The molecule has 0 spiro atoms. The molecule has 1 aliphatic rings. The molecular weight excluding hydrogens is 388 g/mol. The highest BCUT2D eigenvalue weighted by Crippen LogP contribution is 2.30. The van der Waals surface area contributed by atoms with Crippen LogP contribution in [0, 0.1) is 17.6 Å². The molecule has 0 N–H and O–H groups in total. The van der Waals surface area contributed by atoms with E-state index in [9.17, 15) is 8.78 Å². The van der Waals surface area contributed by atoms with Crippen molar-refractivity contribution in [2.24, 2.45) is 13.0 Å². The van der Waals surface area contributed by atoms with E-state index < -0.39 is 11.6 Å². The van der Waals surface area contributed by atoms with Crippen LogP contribution in [-0.2, 0) is 13.5 Å². The predicted octanol–water partition coefficient (Wildman–Crippen LogP) is 4.01. The van der Waals surface area contributed by atoms with Crippen LogP contribution >= 0.6 is 0 Å². The molecule has 0 unspecified atom stereocenters. The Labute approximate surface area is 174 Å². The Hall–Kier alpha value is -3.03. The number of benzene rings is 1. The molecule has 0 amide bonds. The number of anilines is 1. The number of aromatic nitrogens is 4. The molecule has 158 valence electrons. The first kappa shape index (κ1) is 20.3. The van der Waals surface area contributed by atoms with E-state index >= 15 is 0 Å². The Morgan fingerprint density at radius 3 is 2.27 bits per heavy atom. The van der Waals surface area contributed by atoms with Gasteiger partial charge in [-0.2, -0.15) is 5.10 Å². The number of aryl methyl sites for hydroxylation is 2. The minimum absolute atomic E-state index is 0.230. The number of nitrogens with zero attached hydrogens (tertiary/aromatic N) is 5. The van der Waals surface area contributed by atoms with E-state index in [2.05, 4.69) is 26.9 Å². The third-order valence-electron chi connectivity index (χ3n) is 5.50. The number of halogens is 2. The van der Waals surface area contributed by atoms with Gasteiger partial charge in [0.25, 0.3) is 0 Å². The Morgan fingerprint density at radius 1 is 1.03 bits per heavy atom. The van der Waals surface area contributed by atoms with Gasteiger partial charge in [-0.05, 0) is 48.4 Å². The van der Waals surface area contributed by atoms with Crippen molar-refractivity contribution >= 4 is 5.95 Å². The van der Waals surface area contributed by atoms with Crippen LogP contribution in [0.25, 0.3) is 11.1 Å².